The molecular weight excluding hydrogens is 240 g/mol. The quantitative estimate of drug-likeness (QED) is 0.896. The third-order valence-corrected chi connectivity index (χ3v) is 4.25. The van der Waals surface area contributed by atoms with E-state index in [0.29, 0.717) is 12.5 Å². The molecule has 104 valence electrons. The van der Waals surface area contributed by atoms with E-state index < -0.39 is 0 Å². The second-order valence-electron chi connectivity index (χ2n) is 5.64. The highest BCUT2D eigenvalue weighted by molar-refractivity contribution is 5.77. The summed E-state index contributed by atoms with van der Waals surface area (Å²) in [5.74, 6) is 0.268. The molecule has 0 spiro atoms. The Kier molecular flexibility index (Phi) is 3.31. The fraction of sp³-hybridized carbons (Fsp3) is 0.714. The lowest BCUT2D eigenvalue weighted by Crippen LogP contribution is -2.44. The van der Waals surface area contributed by atoms with Gasteiger partial charge in [-0.15, -0.1) is 0 Å². The van der Waals surface area contributed by atoms with Crippen LogP contribution in [0.25, 0.3) is 0 Å². The Morgan fingerprint density at radius 3 is 2.89 bits per heavy atom. The van der Waals surface area contributed by atoms with Crippen molar-refractivity contribution in [3.63, 3.8) is 0 Å². The molecule has 0 bridgehead atoms. The third-order valence-electron chi connectivity index (χ3n) is 4.25. The number of carbonyl (C=O) groups excluding carboxylic acids is 1. The zero-order valence-electron chi connectivity index (χ0n) is 11.5. The average Bonchev–Trinajstić information content (AvgIpc) is 3.14. The van der Waals surface area contributed by atoms with Gasteiger partial charge in [0.15, 0.2) is 0 Å². The van der Waals surface area contributed by atoms with Crippen molar-refractivity contribution in [2.45, 2.75) is 63.7 Å². The summed E-state index contributed by atoms with van der Waals surface area (Å²) in [6.45, 7) is 2.96. The number of nitrogens with two attached hydrogens (primary N) is 1. The van der Waals surface area contributed by atoms with Gasteiger partial charge in [0.2, 0.25) is 5.91 Å². The number of aromatic nitrogens is 2. The number of nitrogens with zero attached hydrogens (tertiary/aromatic N) is 3. The van der Waals surface area contributed by atoms with Crippen LogP contribution in [-0.2, 0) is 11.3 Å². The largest absolute Gasteiger partial charge is 0.333 e. The van der Waals surface area contributed by atoms with E-state index in [9.17, 15) is 4.79 Å². The Balaban J connectivity index is 1.99. The summed E-state index contributed by atoms with van der Waals surface area (Å²) in [6.07, 6.45) is 8.41. The number of hydrogen-bond acceptors (Lipinski definition) is 3. The van der Waals surface area contributed by atoms with E-state index in [-0.39, 0.29) is 18.0 Å². The molecule has 0 radical (unpaired) electrons. The van der Waals surface area contributed by atoms with E-state index in [1.54, 1.807) is 0 Å². The topological polar surface area (TPSA) is 64.2 Å². The minimum Gasteiger partial charge on any atom is -0.333 e. The van der Waals surface area contributed by atoms with Gasteiger partial charge in [-0.25, -0.2) is 4.98 Å². The lowest BCUT2D eigenvalue weighted by atomic mass is 10.0. The Morgan fingerprint density at radius 1 is 1.42 bits per heavy atom. The molecule has 2 heterocycles. The van der Waals surface area contributed by atoms with Gasteiger partial charge in [0.05, 0.1) is 24.3 Å². The number of hydrogen-bond donors (Lipinski definition) is 1. The Hall–Kier alpha value is -1.36. The van der Waals surface area contributed by atoms with Crippen LogP contribution in [0.1, 0.15) is 50.8 Å². The first-order valence-electron chi connectivity index (χ1n) is 7.29. The molecule has 5 heteroatoms. The summed E-state index contributed by atoms with van der Waals surface area (Å²) >= 11 is 0. The second-order valence-corrected chi connectivity index (χ2v) is 5.64. The summed E-state index contributed by atoms with van der Waals surface area (Å²) < 4.78 is 2.11. The van der Waals surface area contributed by atoms with E-state index >= 15 is 0 Å². The molecule has 1 amide bonds. The molecule has 1 saturated heterocycles. The molecule has 2 aliphatic rings. The average molecular weight is 262 g/mol. The molecule has 1 aliphatic heterocycles. The summed E-state index contributed by atoms with van der Waals surface area (Å²) in [6, 6.07) is 0.431. The Labute approximate surface area is 113 Å². The number of imidazole rings is 1. The maximum atomic E-state index is 12.4. The predicted molar refractivity (Wildman–Crippen MR) is 72.3 cm³/mol. The SMILES string of the molecule is CCn1cncc1C1C(N)CCCC(=O)N1C1CC1. The Morgan fingerprint density at radius 2 is 2.21 bits per heavy atom. The molecule has 2 unspecified atom stereocenters. The van der Waals surface area contributed by atoms with Crippen LogP contribution in [0.4, 0.5) is 0 Å². The number of rotatable bonds is 3. The van der Waals surface area contributed by atoms with Crippen molar-refractivity contribution in [2.75, 3.05) is 0 Å². The van der Waals surface area contributed by atoms with Gasteiger partial charge in [-0.2, -0.15) is 0 Å². The molecule has 5 nitrogen and oxygen atoms in total. The monoisotopic (exact) mass is 262 g/mol. The van der Waals surface area contributed by atoms with E-state index in [1.807, 2.05) is 12.5 Å². The second kappa shape index (κ2) is 4.96. The molecule has 1 saturated carbocycles. The van der Waals surface area contributed by atoms with Gasteiger partial charge >= 0.3 is 0 Å². The molecule has 1 aliphatic carbocycles. The van der Waals surface area contributed by atoms with E-state index in [0.717, 1.165) is 37.9 Å². The van der Waals surface area contributed by atoms with Crippen LogP contribution in [0, 0.1) is 0 Å². The molecule has 2 atom stereocenters. The van der Waals surface area contributed by atoms with Crippen LogP contribution in [0.5, 0.6) is 0 Å². The molecular formula is C14H22N4O. The lowest BCUT2D eigenvalue weighted by molar-refractivity contribution is -0.134. The minimum absolute atomic E-state index is 0.00458. The number of carbonyl (C=O) groups is 1. The summed E-state index contributed by atoms with van der Waals surface area (Å²) in [4.78, 5) is 18.7. The van der Waals surface area contributed by atoms with Crippen molar-refractivity contribution in [3.05, 3.63) is 18.2 Å². The van der Waals surface area contributed by atoms with Crippen LogP contribution in [0.3, 0.4) is 0 Å². The first-order valence-corrected chi connectivity index (χ1v) is 7.29. The molecule has 1 aromatic heterocycles. The molecule has 3 rings (SSSR count). The standard InChI is InChI=1S/C14H22N4O/c1-2-17-9-16-8-12(17)14-11(15)4-3-5-13(19)18(14)10-6-7-10/h8-11,14H,2-7,15H2,1H3. The van der Waals surface area contributed by atoms with Crippen molar-refractivity contribution < 1.29 is 4.79 Å². The van der Waals surface area contributed by atoms with Gasteiger partial charge in [0, 0.05) is 25.0 Å². The maximum Gasteiger partial charge on any atom is 0.223 e. The fourth-order valence-electron chi connectivity index (χ4n) is 3.12. The van der Waals surface area contributed by atoms with Crippen molar-refractivity contribution in [2.24, 2.45) is 5.73 Å². The van der Waals surface area contributed by atoms with Gasteiger partial charge in [0.25, 0.3) is 0 Å². The van der Waals surface area contributed by atoms with Crippen molar-refractivity contribution >= 4 is 5.91 Å². The summed E-state index contributed by atoms with van der Waals surface area (Å²) in [5, 5.41) is 0. The molecule has 2 N–H and O–H groups in total. The van der Waals surface area contributed by atoms with Gasteiger partial charge in [-0.3, -0.25) is 4.79 Å². The summed E-state index contributed by atoms with van der Waals surface area (Å²) in [7, 11) is 0. The molecule has 0 aromatic carbocycles. The van der Waals surface area contributed by atoms with Gasteiger partial charge < -0.3 is 15.2 Å². The zero-order chi connectivity index (χ0) is 13.4. The first-order chi connectivity index (χ1) is 9.22. The van der Waals surface area contributed by atoms with Crippen LogP contribution in [0.15, 0.2) is 12.5 Å². The van der Waals surface area contributed by atoms with Crippen molar-refractivity contribution in [3.8, 4) is 0 Å². The first kappa shape index (κ1) is 12.7. The van der Waals surface area contributed by atoms with Crippen LogP contribution in [0.2, 0.25) is 0 Å². The van der Waals surface area contributed by atoms with E-state index in [4.69, 9.17) is 5.73 Å². The number of amides is 1. The van der Waals surface area contributed by atoms with E-state index in [2.05, 4.69) is 21.4 Å². The van der Waals surface area contributed by atoms with Crippen LogP contribution < -0.4 is 5.73 Å². The van der Waals surface area contributed by atoms with Crippen molar-refractivity contribution in [1.29, 1.82) is 0 Å². The normalized spacial score (nSPS) is 28.5. The highest BCUT2D eigenvalue weighted by atomic mass is 16.2. The Bertz CT molecular complexity index is 466. The van der Waals surface area contributed by atoms with Gasteiger partial charge in [0.1, 0.15) is 0 Å². The third kappa shape index (κ3) is 2.27. The zero-order valence-corrected chi connectivity index (χ0v) is 11.5. The lowest BCUT2D eigenvalue weighted by Gasteiger charge is -2.34. The maximum absolute atomic E-state index is 12.4. The van der Waals surface area contributed by atoms with Crippen LogP contribution in [-0.4, -0.2) is 32.4 Å². The fourth-order valence-corrected chi connectivity index (χ4v) is 3.12. The minimum atomic E-state index is 0.00458. The van der Waals surface area contributed by atoms with Gasteiger partial charge in [-0.05, 0) is 32.6 Å². The highest BCUT2D eigenvalue weighted by Crippen LogP contribution is 2.39. The van der Waals surface area contributed by atoms with E-state index in [1.165, 1.54) is 0 Å². The van der Waals surface area contributed by atoms with Gasteiger partial charge in [-0.1, -0.05) is 0 Å². The molecule has 2 fully saturated rings. The highest BCUT2D eigenvalue weighted by Gasteiger charge is 2.42. The number of aryl methyl sites for hydroxylation is 1. The smallest absolute Gasteiger partial charge is 0.223 e. The predicted octanol–water partition coefficient (Wildman–Crippen LogP) is 1.45. The van der Waals surface area contributed by atoms with Crippen LogP contribution >= 0.6 is 0 Å². The number of likely N-dealkylation sites (tertiary alicyclic amines) is 1. The molecule has 1 aromatic rings. The molecule has 19 heavy (non-hydrogen) atoms. The van der Waals surface area contributed by atoms with Crippen molar-refractivity contribution in [1.82, 2.24) is 14.5 Å². The summed E-state index contributed by atoms with van der Waals surface area (Å²) in [5.41, 5.74) is 7.47.